The second-order valence-corrected chi connectivity index (χ2v) is 8.98. The van der Waals surface area contributed by atoms with E-state index < -0.39 is 15.9 Å². The summed E-state index contributed by atoms with van der Waals surface area (Å²) in [6, 6.07) is 12.5. The number of amides is 1. The van der Waals surface area contributed by atoms with Crippen LogP contribution >= 0.6 is 0 Å². The number of hydrogen-bond acceptors (Lipinski definition) is 7. The van der Waals surface area contributed by atoms with Gasteiger partial charge < -0.3 is 14.6 Å². The number of rotatable bonds is 8. The van der Waals surface area contributed by atoms with Gasteiger partial charge >= 0.3 is 0 Å². The average Bonchev–Trinajstić information content (AvgIpc) is 3.19. The summed E-state index contributed by atoms with van der Waals surface area (Å²) in [6.45, 7) is 3.34. The third kappa shape index (κ3) is 5.60. The Labute approximate surface area is 181 Å². The Bertz CT molecular complexity index is 1170. The molecule has 1 N–H and O–H groups in total. The molecule has 0 saturated carbocycles. The van der Waals surface area contributed by atoms with Crippen LogP contribution in [0.5, 0.6) is 5.75 Å². The van der Waals surface area contributed by atoms with Crippen molar-refractivity contribution >= 4 is 21.6 Å². The summed E-state index contributed by atoms with van der Waals surface area (Å²) in [5.74, 6) is 0.796. The van der Waals surface area contributed by atoms with Crippen LogP contribution in [-0.2, 0) is 21.4 Å². The number of ether oxygens (including phenoxy) is 1. The molecule has 9 nitrogen and oxygen atoms in total. The van der Waals surface area contributed by atoms with Gasteiger partial charge in [0.1, 0.15) is 12.3 Å². The molecule has 10 heteroatoms. The van der Waals surface area contributed by atoms with Gasteiger partial charge in [-0.2, -0.15) is 4.98 Å². The predicted molar refractivity (Wildman–Crippen MR) is 116 cm³/mol. The zero-order valence-corrected chi connectivity index (χ0v) is 18.6. The Hall–Kier alpha value is -3.40. The molecule has 0 aliphatic heterocycles. The van der Waals surface area contributed by atoms with Crippen molar-refractivity contribution in [3.63, 3.8) is 0 Å². The highest BCUT2D eigenvalue weighted by Gasteiger charge is 2.22. The van der Waals surface area contributed by atoms with E-state index >= 15 is 0 Å². The third-order valence-electron chi connectivity index (χ3n) is 4.56. The van der Waals surface area contributed by atoms with E-state index in [2.05, 4.69) is 15.5 Å². The number of carbonyl (C=O) groups excluding carboxylic acids is 1. The molecule has 0 bridgehead atoms. The van der Waals surface area contributed by atoms with E-state index in [1.807, 2.05) is 13.0 Å². The number of aromatic nitrogens is 2. The zero-order chi connectivity index (χ0) is 22.6. The molecule has 3 rings (SSSR count). The summed E-state index contributed by atoms with van der Waals surface area (Å²) in [5, 5.41) is 6.53. The van der Waals surface area contributed by atoms with Gasteiger partial charge in [-0.05, 0) is 49.7 Å². The van der Waals surface area contributed by atoms with Crippen molar-refractivity contribution in [2.45, 2.75) is 20.4 Å². The van der Waals surface area contributed by atoms with Crippen LogP contribution in [0.25, 0.3) is 11.4 Å². The first-order valence-corrected chi connectivity index (χ1v) is 11.3. The molecule has 0 aliphatic carbocycles. The largest absolute Gasteiger partial charge is 0.497 e. The van der Waals surface area contributed by atoms with Crippen molar-refractivity contribution in [1.82, 2.24) is 15.5 Å². The quantitative estimate of drug-likeness (QED) is 0.567. The van der Waals surface area contributed by atoms with Gasteiger partial charge in [0.15, 0.2) is 0 Å². The monoisotopic (exact) mass is 444 g/mol. The molecule has 1 amide bonds. The minimum atomic E-state index is -3.66. The van der Waals surface area contributed by atoms with Crippen molar-refractivity contribution in [3.05, 3.63) is 59.5 Å². The van der Waals surface area contributed by atoms with Crippen LogP contribution < -0.4 is 14.4 Å². The summed E-state index contributed by atoms with van der Waals surface area (Å²) in [5.41, 5.74) is 2.96. The van der Waals surface area contributed by atoms with Crippen LogP contribution in [0.15, 0.2) is 47.0 Å². The summed E-state index contributed by atoms with van der Waals surface area (Å²) >= 11 is 0. The first-order valence-electron chi connectivity index (χ1n) is 9.46. The highest BCUT2D eigenvalue weighted by molar-refractivity contribution is 7.92. The Balaban J connectivity index is 1.66. The number of sulfonamides is 1. The third-order valence-corrected chi connectivity index (χ3v) is 5.69. The molecule has 1 heterocycles. The number of anilines is 1. The normalized spacial score (nSPS) is 11.2. The second kappa shape index (κ2) is 9.17. The molecular weight excluding hydrogens is 420 g/mol. The first kappa shape index (κ1) is 22.3. The van der Waals surface area contributed by atoms with Gasteiger partial charge in [-0.25, -0.2) is 8.42 Å². The van der Waals surface area contributed by atoms with Gasteiger partial charge in [0.05, 0.1) is 25.6 Å². The molecule has 31 heavy (non-hydrogen) atoms. The number of aryl methyl sites for hydroxylation is 2. The van der Waals surface area contributed by atoms with Gasteiger partial charge in [0.2, 0.25) is 27.6 Å². The molecule has 0 radical (unpaired) electrons. The van der Waals surface area contributed by atoms with Crippen molar-refractivity contribution < 1.29 is 22.5 Å². The highest BCUT2D eigenvalue weighted by Crippen LogP contribution is 2.23. The Morgan fingerprint density at radius 1 is 1.16 bits per heavy atom. The molecular formula is C21H24N4O5S. The maximum absolute atomic E-state index is 12.5. The number of nitrogens with one attached hydrogen (secondary N) is 1. The summed E-state index contributed by atoms with van der Waals surface area (Å²) in [4.78, 5) is 16.7. The van der Waals surface area contributed by atoms with Crippen LogP contribution in [0.1, 0.15) is 17.0 Å². The van der Waals surface area contributed by atoms with E-state index in [0.717, 1.165) is 27.3 Å². The molecule has 3 aromatic rings. The van der Waals surface area contributed by atoms with Crippen molar-refractivity contribution in [2.24, 2.45) is 0 Å². The summed E-state index contributed by atoms with van der Waals surface area (Å²) in [7, 11) is -2.08. The van der Waals surface area contributed by atoms with Gasteiger partial charge in [-0.1, -0.05) is 22.9 Å². The number of methoxy groups -OCH3 is 1. The second-order valence-electron chi connectivity index (χ2n) is 7.08. The standard InChI is InChI=1S/C21H24N4O5S/c1-14-5-10-18(15(2)11-14)25(31(4,27)28)13-19(26)22-12-20-23-21(24-30-20)16-6-8-17(29-3)9-7-16/h5-11H,12-13H2,1-4H3,(H,22,26). The molecule has 0 saturated heterocycles. The topological polar surface area (TPSA) is 115 Å². The van der Waals surface area contributed by atoms with Crippen LogP contribution in [0.2, 0.25) is 0 Å². The minimum Gasteiger partial charge on any atom is -0.497 e. The Morgan fingerprint density at radius 2 is 1.87 bits per heavy atom. The number of carbonyl (C=O) groups is 1. The lowest BCUT2D eigenvalue weighted by molar-refractivity contribution is -0.119. The molecule has 164 valence electrons. The first-order chi connectivity index (χ1) is 14.7. The van der Waals surface area contributed by atoms with Gasteiger partial charge in [0.25, 0.3) is 0 Å². The SMILES string of the molecule is COc1ccc(-c2noc(CNC(=O)CN(c3ccc(C)cc3C)S(C)(=O)=O)n2)cc1. The van der Waals surface area contributed by atoms with E-state index in [4.69, 9.17) is 9.26 Å². The fourth-order valence-corrected chi connectivity index (χ4v) is 3.92. The lowest BCUT2D eigenvalue weighted by Crippen LogP contribution is -2.40. The van der Waals surface area contributed by atoms with E-state index in [1.165, 1.54) is 0 Å². The minimum absolute atomic E-state index is 0.0214. The van der Waals surface area contributed by atoms with Gasteiger partial charge in [0, 0.05) is 5.56 Å². The van der Waals surface area contributed by atoms with Crippen molar-refractivity contribution in [3.8, 4) is 17.1 Å². The molecule has 2 aromatic carbocycles. The van der Waals surface area contributed by atoms with Crippen LogP contribution in [0.3, 0.4) is 0 Å². The molecule has 1 aromatic heterocycles. The molecule has 0 unspecified atom stereocenters. The molecule has 0 aliphatic rings. The zero-order valence-electron chi connectivity index (χ0n) is 17.7. The molecule has 0 spiro atoms. The highest BCUT2D eigenvalue weighted by atomic mass is 32.2. The molecule has 0 atom stereocenters. The van der Waals surface area contributed by atoms with Crippen molar-refractivity contribution in [1.29, 1.82) is 0 Å². The van der Waals surface area contributed by atoms with Crippen LogP contribution in [0.4, 0.5) is 5.69 Å². The Morgan fingerprint density at radius 3 is 2.48 bits per heavy atom. The van der Waals surface area contributed by atoms with Gasteiger partial charge in [-0.3, -0.25) is 9.10 Å². The number of nitrogens with zero attached hydrogens (tertiary/aromatic N) is 3. The van der Waals surface area contributed by atoms with Gasteiger partial charge in [-0.15, -0.1) is 0 Å². The maximum Gasteiger partial charge on any atom is 0.246 e. The van der Waals surface area contributed by atoms with Crippen LogP contribution in [-0.4, -0.2) is 44.4 Å². The Kier molecular flexibility index (Phi) is 6.59. The van der Waals surface area contributed by atoms with Crippen LogP contribution in [0, 0.1) is 13.8 Å². The van der Waals surface area contributed by atoms with E-state index in [-0.39, 0.29) is 19.0 Å². The maximum atomic E-state index is 12.5. The summed E-state index contributed by atoms with van der Waals surface area (Å²) in [6.07, 6.45) is 1.07. The van der Waals surface area contributed by atoms with Crippen molar-refractivity contribution in [2.75, 3.05) is 24.2 Å². The fraction of sp³-hybridized carbons (Fsp3) is 0.286. The lowest BCUT2D eigenvalue weighted by atomic mass is 10.1. The van der Waals surface area contributed by atoms with E-state index in [0.29, 0.717) is 17.3 Å². The number of hydrogen-bond donors (Lipinski definition) is 1. The molecule has 0 fully saturated rings. The number of benzene rings is 2. The smallest absolute Gasteiger partial charge is 0.246 e. The fourth-order valence-electron chi connectivity index (χ4n) is 3.01. The predicted octanol–water partition coefficient (Wildman–Crippen LogP) is 2.44. The summed E-state index contributed by atoms with van der Waals surface area (Å²) < 4.78 is 35.9. The van der Waals surface area contributed by atoms with E-state index in [1.54, 1.807) is 50.4 Å². The lowest BCUT2D eigenvalue weighted by Gasteiger charge is -2.23. The average molecular weight is 445 g/mol. The van der Waals surface area contributed by atoms with E-state index in [9.17, 15) is 13.2 Å².